The molecule has 1 atom stereocenters. The summed E-state index contributed by atoms with van der Waals surface area (Å²) in [6.45, 7) is 4.70. The van der Waals surface area contributed by atoms with Crippen molar-refractivity contribution in [2.24, 2.45) is 0 Å². The number of hydrogen-bond donors (Lipinski definition) is 2. The molecule has 5 nitrogen and oxygen atoms in total. The number of sulfone groups is 1. The molecule has 0 spiro atoms. The van der Waals surface area contributed by atoms with Gasteiger partial charge in [-0.05, 0) is 19.8 Å². The molecule has 0 aromatic rings. The number of rotatable bonds is 12. The zero-order chi connectivity index (χ0) is 17.9. The highest BCUT2D eigenvalue weighted by Gasteiger charge is 2.39. The van der Waals surface area contributed by atoms with E-state index < -0.39 is 15.4 Å². The van der Waals surface area contributed by atoms with Crippen LogP contribution in [0.1, 0.15) is 84.5 Å². The molecule has 0 aromatic heterocycles. The first-order valence-electron chi connectivity index (χ1n) is 9.63. The van der Waals surface area contributed by atoms with E-state index in [1.54, 1.807) is 6.92 Å². The number of nitrogens with one attached hydrogen (secondary N) is 2. The van der Waals surface area contributed by atoms with Gasteiger partial charge in [0.1, 0.15) is 0 Å². The Morgan fingerprint density at radius 3 is 2.00 bits per heavy atom. The zero-order valence-corrected chi connectivity index (χ0v) is 16.3. The summed E-state index contributed by atoms with van der Waals surface area (Å²) in [6, 6.07) is -0.245. The van der Waals surface area contributed by atoms with Gasteiger partial charge in [0.2, 0.25) is 0 Å². The Bertz CT molecular complexity index is 465. The fourth-order valence-electron chi connectivity index (χ4n) is 3.24. The normalized spacial score (nSPS) is 22.4. The van der Waals surface area contributed by atoms with E-state index in [2.05, 4.69) is 17.6 Å². The van der Waals surface area contributed by atoms with Gasteiger partial charge in [0.05, 0.1) is 17.0 Å². The van der Waals surface area contributed by atoms with Crippen molar-refractivity contribution in [2.75, 3.05) is 18.1 Å². The molecule has 1 saturated heterocycles. The molecule has 0 saturated carbocycles. The monoisotopic (exact) mass is 360 g/mol. The first-order chi connectivity index (χ1) is 11.4. The molecule has 1 aliphatic heterocycles. The van der Waals surface area contributed by atoms with Gasteiger partial charge in [-0.25, -0.2) is 13.2 Å². The maximum absolute atomic E-state index is 11.9. The first-order valence-corrected chi connectivity index (χ1v) is 11.5. The van der Waals surface area contributed by atoms with Crippen LogP contribution in [0.2, 0.25) is 0 Å². The summed E-state index contributed by atoms with van der Waals surface area (Å²) in [7, 11) is -2.99. The zero-order valence-electron chi connectivity index (χ0n) is 15.5. The second-order valence-electron chi connectivity index (χ2n) is 7.47. The van der Waals surface area contributed by atoms with Crippen LogP contribution in [0.15, 0.2) is 0 Å². The van der Waals surface area contributed by atoms with Crippen LogP contribution < -0.4 is 10.6 Å². The van der Waals surface area contributed by atoms with Crippen LogP contribution in [0, 0.1) is 0 Å². The summed E-state index contributed by atoms with van der Waals surface area (Å²) in [5, 5.41) is 5.66. The van der Waals surface area contributed by atoms with Crippen molar-refractivity contribution in [3.05, 3.63) is 0 Å². The molecule has 6 heteroatoms. The molecule has 2 N–H and O–H groups in total. The molecular weight excluding hydrogens is 324 g/mol. The molecule has 2 amide bonds. The summed E-state index contributed by atoms with van der Waals surface area (Å²) in [6.07, 6.45) is 13.2. The van der Waals surface area contributed by atoms with Crippen molar-refractivity contribution in [2.45, 2.75) is 90.0 Å². The van der Waals surface area contributed by atoms with Gasteiger partial charge in [0.25, 0.3) is 0 Å². The average Bonchev–Trinajstić information content (AvgIpc) is 2.78. The van der Waals surface area contributed by atoms with Crippen LogP contribution in [0.25, 0.3) is 0 Å². The minimum atomic E-state index is -2.99. The number of hydrogen-bond acceptors (Lipinski definition) is 3. The highest BCUT2D eigenvalue weighted by molar-refractivity contribution is 7.91. The van der Waals surface area contributed by atoms with E-state index in [1.807, 2.05) is 0 Å². The molecular formula is C18H36N2O3S. The molecule has 1 heterocycles. The molecule has 0 bridgehead atoms. The van der Waals surface area contributed by atoms with Gasteiger partial charge in [-0.3, -0.25) is 0 Å². The maximum Gasteiger partial charge on any atom is 0.315 e. The van der Waals surface area contributed by atoms with Crippen LogP contribution in [0.4, 0.5) is 4.79 Å². The second-order valence-corrected chi connectivity index (χ2v) is 9.65. The second kappa shape index (κ2) is 11.0. The highest BCUT2D eigenvalue weighted by Crippen LogP contribution is 2.22. The van der Waals surface area contributed by atoms with Crippen molar-refractivity contribution in [1.82, 2.24) is 10.6 Å². The van der Waals surface area contributed by atoms with Crippen molar-refractivity contribution in [3.8, 4) is 0 Å². The van der Waals surface area contributed by atoms with E-state index in [-0.39, 0.29) is 17.5 Å². The predicted octanol–water partition coefficient (Wildman–Crippen LogP) is 3.78. The molecule has 0 aliphatic carbocycles. The summed E-state index contributed by atoms with van der Waals surface area (Å²) in [5.74, 6) is 0.216. The number of carbonyl (C=O) groups is 1. The molecule has 1 fully saturated rings. The van der Waals surface area contributed by atoms with E-state index in [9.17, 15) is 13.2 Å². The van der Waals surface area contributed by atoms with Gasteiger partial charge in [-0.2, -0.15) is 0 Å². The Hall–Kier alpha value is -0.780. The standard InChI is InChI=1S/C18H36N2O3S/c1-3-4-5-6-7-8-9-10-11-12-14-19-17(21)20-18(2)13-15-24(22,23)16-18/h3-16H2,1-2H3,(H2,19,20,21). The number of amides is 2. The third-order valence-electron chi connectivity index (χ3n) is 4.73. The van der Waals surface area contributed by atoms with Crippen molar-refractivity contribution in [3.63, 3.8) is 0 Å². The average molecular weight is 361 g/mol. The first kappa shape index (κ1) is 21.3. The SMILES string of the molecule is CCCCCCCCCCCCNC(=O)NC1(C)CCS(=O)(=O)C1. The Morgan fingerprint density at radius 2 is 1.50 bits per heavy atom. The lowest BCUT2D eigenvalue weighted by atomic mass is 10.0. The lowest BCUT2D eigenvalue weighted by molar-refractivity contribution is 0.230. The van der Waals surface area contributed by atoms with E-state index >= 15 is 0 Å². The smallest absolute Gasteiger partial charge is 0.315 e. The summed E-state index contributed by atoms with van der Waals surface area (Å²) >= 11 is 0. The number of carbonyl (C=O) groups excluding carboxylic acids is 1. The van der Waals surface area contributed by atoms with Crippen LogP contribution in [0.3, 0.4) is 0 Å². The summed E-state index contributed by atoms with van der Waals surface area (Å²) < 4.78 is 23.0. The molecule has 0 aromatic carbocycles. The Kier molecular flexibility index (Phi) is 9.71. The molecule has 1 unspecified atom stereocenters. The number of urea groups is 1. The van der Waals surface area contributed by atoms with Gasteiger partial charge in [0, 0.05) is 6.54 Å². The van der Waals surface area contributed by atoms with Gasteiger partial charge in [-0.15, -0.1) is 0 Å². The fourth-order valence-corrected chi connectivity index (χ4v) is 5.33. The van der Waals surface area contributed by atoms with Gasteiger partial charge >= 0.3 is 6.03 Å². The highest BCUT2D eigenvalue weighted by atomic mass is 32.2. The summed E-state index contributed by atoms with van der Waals surface area (Å²) in [4.78, 5) is 11.9. The molecule has 1 rings (SSSR count). The van der Waals surface area contributed by atoms with Crippen LogP contribution >= 0.6 is 0 Å². The van der Waals surface area contributed by atoms with Crippen molar-refractivity contribution < 1.29 is 13.2 Å². The minimum absolute atomic E-state index is 0.0473. The lowest BCUT2D eigenvalue weighted by Gasteiger charge is -2.24. The lowest BCUT2D eigenvalue weighted by Crippen LogP contribution is -2.51. The third-order valence-corrected chi connectivity index (χ3v) is 6.64. The molecule has 0 radical (unpaired) electrons. The van der Waals surface area contributed by atoms with Gasteiger partial charge < -0.3 is 10.6 Å². The fraction of sp³-hybridized carbons (Fsp3) is 0.944. The van der Waals surface area contributed by atoms with E-state index in [1.165, 1.54) is 51.4 Å². The van der Waals surface area contributed by atoms with Crippen LogP contribution in [-0.4, -0.2) is 38.0 Å². The maximum atomic E-state index is 11.9. The summed E-state index contributed by atoms with van der Waals surface area (Å²) in [5.41, 5.74) is -0.610. The van der Waals surface area contributed by atoms with Crippen molar-refractivity contribution >= 4 is 15.9 Å². The van der Waals surface area contributed by atoms with Crippen LogP contribution in [-0.2, 0) is 9.84 Å². The Morgan fingerprint density at radius 1 is 0.958 bits per heavy atom. The minimum Gasteiger partial charge on any atom is -0.338 e. The third kappa shape index (κ3) is 9.50. The van der Waals surface area contributed by atoms with Crippen LogP contribution in [0.5, 0.6) is 0 Å². The Balaban J connectivity index is 1.95. The van der Waals surface area contributed by atoms with E-state index in [4.69, 9.17) is 0 Å². The van der Waals surface area contributed by atoms with Gasteiger partial charge in [0.15, 0.2) is 9.84 Å². The molecule has 1 aliphatic rings. The Labute approximate surface area is 148 Å². The van der Waals surface area contributed by atoms with E-state index in [0.29, 0.717) is 13.0 Å². The molecule has 24 heavy (non-hydrogen) atoms. The topological polar surface area (TPSA) is 75.3 Å². The van der Waals surface area contributed by atoms with Gasteiger partial charge in [-0.1, -0.05) is 64.7 Å². The predicted molar refractivity (Wildman–Crippen MR) is 100 cm³/mol. The number of unbranched alkanes of at least 4 members (excludes halogenated alkanes) is 9. The quantitative estimate of drug-likeness (QED) is 0.520. The van der Waals surface area contributed by atoms with Crippen molar-refractivity contribution in [1.29, 1.82) is 0 Å². The molecule has 142 valence electrons. The largest absolute Gasteiger partial charge is 0.338 e. The van der Waals surface area contributed by atoms with E-state index in [0.717, 1.165) is 12.8 Å².